The van der Waals surface area contributed by atoms with Crippen LogP contribution >= 0.6 is 11.6 Å². The number of aromatic nitrogens is 2. The number of amides is 1. The zero-order chi connectivity index (χ0) is 13.3. The Labute approximate surface area is 107 Å². The van der Waals surface area contributed by atoms with Gasteiger partial charge in [0.05, 0.1) is 17.3 Å². The third kappa shape index (κ3) is 2.43. The molecule has 1 amide bonds. The molecule has 0 unspecified atom stereocenters. The van der Waals surface area contributed by atoms with Crippen LogP contribution in [0.2, 0.25) is 5.02 Å². The number of benzene rings is 1. The Morgan fingerprint density at radius 2 is 2.22 bits per heavy atom. The van der Waals surface area contributed by atoms with Crippen molar-refractivity contribution >= 4 is 23.2 Å². The Balaban J connectivity index is 2.26. The Bertz CT molecular complexity index is 611. The molecule has 1 heterocycles. The second-order valence-electron chi connectivity index (χ2n) is 3.74. The minimum atomic E-state index is -0.691. The van der Waals surface area contributed by atoms with Crippen LogP contribution < -0.4 is 11.5 Å². The number of carbonyl (C=O) groups is 1. The number of anilines is 1. The molecule has 0 aliphatic carbocycles. The number of primary amides is 1. The Morgan fingerprint density at radius 1 is 1.50 bits per heavy atom. The molecule has 0 radical (unpaired) electrons. The molecule has 0 saturated carbocycles. The minimum absolute atomic E-state index is 0.0169. The highest BCUT2D eigenvalue weighted by molar-refractivity contribution is 6.30. The first-order valence-corrected chi connectivity index (χ1v) is 5.42. The Kier molecular flexibility index (Phi) is 3.20. The van der Waals surface area contributed by atoms with Gasteiger partial charge < -0.3 is 11.5 Å². The fraction of sp³-hybridized carbons (Fsp3) is 0.0909. The van der Waals surface area contributed by atoms with Gasteiger partial charge in [-0.15, -0.1) is 0 Å². The summed E-state index contributed by atoms with van der Waals surface area (Å²) >= 11 is 5.66. The van der Waals surface area contributed by atoms with E-state index in [0.29, 0.717) is 6.54 Å². The number of hydrogen-bond donors (Lipinski definition) is 2. The van der Waals surface area contributed by atoms with Crippen molar-refractivity contribution < 1.29 is 9.18 Å². The first-order chi connectivity index (χ1) is 8.47. The molecule has 0 atom stereocenters. The predicted octanol–water partition coefficient (Wildman–Crippen LogP) is 1.40. The van der Waals surface area contributed by atoms with E-state index in [4.69, 9.17) is 23.1 Å². The molecule has 1 aromatic heterocycles. The van der Waals surface area contributed by atoms with Gasteiger partial charge in [0.25, 0.3) is 5.91 Å². The number of nitrogens with zero attached hydrogens (tertiary/aromatic N) is 2. The number of halogens is 2. The third-order valence-corrected chi connectivity index (χ3v) is 2.64. The number of nitrogen functional groups attached to an aromatic ring is 1. The summed E-state index contributed by atoms with van der Waals surface area (Å²) in [5, 5.41) is 3.97. The van der Waals surface area contributed by atoms with Gasteiger partial charge in [0.1, 0.15) is 5.82 Å². The normalized spacial score (nSPS) is 10.6. The molecule has 0 aliphatic rings. The summed E-state index contributed by atoms with van der Waals surface area (Å²) in [4.78, 5) is 11.0. The Hall–Kier alpha value is -2.08. The summed E-state index contributed by atoms with van der Waals surface area (Å²) in [6.07, 6.45) is 1.48. The molecule has 1 aromatic carbocycles. The quantitative estimate of drug-likeness (QED) is 0.882. The molecule has 2 aromatic rings. The molecule has 18 heavy (non-hydrogen) atoms. The number of hydrogen-bond acceptors (Lipinski definition) is 3. The van der Waals surface area contributed by atoms with Crippen LogP contribution in [0.25, 0.3) is 0 Å². The topological polar surface area (TPSA) is 86.9 Å². The maximum absolute atomic E-state index is 13.0. The molecule has 0 fully saturated rings. The lowest BCUT2D eigenvalue weighted by atomic mass is 10.2. The highest BCUT2D eigenvalue weighted by Gasteiger charge is 2.11. The summed E-state index contributed by atoms with van der Waals surface area (Å²) in [6.45, 7) is 0.317. The van der Waals surface area contributed by atoms with E-state index in [0.717, 1.165) is 5.56 Å². The number of nitrogens with two attached hydrogens (primary N) is 2. The fourth-order valence-electron chi connectivity index (χ4n) is 1.53. The third-order valence-electron chi connectivity index (χ3n) is 2.35. The molecule has 94 valence electrons. The fourth-order valence-corrected chi connectivity index (χ4v) is 1.74. The molecular weight excluding hydrogens is 259 g/mol. The predicted molar refractivity (Wildman–Crippen MR) is 65.7 cm³/mol. The average Bonchev–Trinajstić information content (AvgIpc) is 2.65. The highest BCUT2D eigenvalue weighted by atomic mass is 35.5. The second-order valence-corrected chi connectivity index (χ2v) is 4.15. The highest BCUT2D eigenvalue weighted by Crippen LogP contribution is 2.17. The van der Waals surface area contributed by atoms with Gasteiger partial charge >= 0.3 is 0 Å². The smallest absolute Gasteiger partial charge is 0.271 e. The van der Waals surface area contributed by atoms with E-state index in [1.165, 1.54) is 23.0 Å². The van der Waals surface area contributed by atoms with Crippen molar-refractivity contribution in [3.8, 4) is 0 Å². The maximum Gasteiger partial charge on any atom is 0.271 e. The van der Waals surface area contributed by atoms with Crippen LogP contribution in [-0.2, 0) is 6.54 Å². The lowest BCUT2D eigenvalue weighted by molar-refractivity contribution is 0.0995. The zero-order valence-corrected chi connectivity index (χ0v) is 9.99. The van der Waals surface area contributed by atoms with E-state index in [1.807, 2.05) is 0 Å². The molecule has 0 spiro atoms. The molecule has 0 saturated heterocycles. The van der Waals surface area contributed by atoms with Crippen molar-refractivity contribution in [3.05, 3.63) is 46.5 Å². The molecular formula is C11H10ClFN4O. The SMILES string of the molecule is NC(=O)c1nn(Cc2ccc(F)c(Cl)c2)cc1N. The molecule has 0 aliphatic heterocycles. The molecule has 0 bridgehead atoms. The second kappa shape index (κ2) is 4.66. The number of carbonyl (C=O) groups excluding carboxylic acids is 1. The summed E-state index contributed by atoms with van der Waals surface area (Å²) in [6, 6.07) is 4.32. The van der Waals surface area contributed by atoms with E-state index < -0.39 is 11.7 Å². The number of rotatable bonds is 3. The molecule has 4 N–H and O–H groups in total. The van der Waals surface area contributed by atoms with Crippen LogP contribution in [0.3, 0.4) is 0 Å². The van der Waals surface area contributed by atoms with E-state index in [1.54, 1.807) is 6.07 Å². The minimum Gasteiger partial charge on any atom is -0.396 e. The molecule has 2 rings (SSSR count). The van der Waals surface area contributed by atoms with Crippen LogP contribution in [-0.4, -0.2) is 15.7 Å². The maximum atomic E-state index is 13.0. The van der Waals surface area contributed by atoms with Crippen LogP contribution in [0.15, 0.2) is 24.4 Å². The largest absolute Gasteiger partial charge is 0.396 e. The summed E-state index contributed by atoms with van der Waals surface area (Å²) in [5.74, 6) is -1.18. The van der Waals surface area contributed by atoms with E-state index >= 15 is 0 Å². The monoisotopic (exact) mass is 268 g/mol. The first kappa shape index (κ1) is 12.4. The van der Waals surface area contributed by atoms with Gasteiger partial charge in [-0.05, 0) is 17.7 Å². The van der Waals surface area contributed by atoms with Crippen LogP contribution in [0.5, 0.6) is 0 Å². The zero-order valence-electron chi connectivity index (χ0n) is 9.23. The molecule has 7 heteroatoms. The van der Waals surface area contributed by atoms with Crippen molar-refractivity contribution in [1.82, 2.24) is 9.78 Å². The van der Waals surface area contributed by atoms with Crippen LogP contribution in [0.1, 0.15) is 16.1 Å². The summed E-state index contributed by atoms with van der Waals surface area (Å²) in [7, 11) is 0. The standard InChI is InChI=1S/C11H10ClFN4O/c12-7-3-6(1-2-8(7)13)4-17-5-9(14)10(16-17)11(15)18/h1-3,5H,4,14H2,(H2,15,18). The van der Waals surface area contributed by atoms with Gasteiger partial charge in [-0.3, -0.25) is 9.48 Å². The van der Waals surface area contributed by atoms with Crippen molar-refractivity contribution in [1.29, 1.82) is 0 Å². The molecule has 5 nitrogen and oxygen atoms in total. The van der Waals surface area contributed by atoms with Gasteiger partial charge in [-0.25, -0.2) is 4.39 Å². The average molecular weight is 269 g/mol. The Morgan fingerprint density at radius 3 is 2.78 bits per heavy atom. The lowest BCUT2D eigenvalue weighted by Gasteiger charge is -2.02. The van der Waals surface area contributed by atoms with Gasteiger partial charge in [0.15, 0.2) is 5.69 Å². The van der Waals surface area contributed by atoms with Crippen molar-refractivity contribution in [2.75, 3.05) is 5.73 Å². The van der Waals surface area contributed by atoms with E-state index in [2.05, 4.69) is 5.10 Å². The van der Waals surface area contributed by atoms with Gasteiger partial charge in [-0.1, -0.05) is 17.7 Å². The summed E-state index contributed by atoms with van der Waals surface area (Å²) < 4.78 is 14.4. The summed E-state index contributed by atoms with van der Waals surface area (Å²) in [5.41, 5.74) is 11.6. The lowest BCUT2D eigenvalue weighted by Crippen LogP contribution is -2.14. The van der Waals surface area contributed by atoms with Gasteiger partial charge in [-0.2, -0.15) is 5.10 Å². The van der Waals surface area contributed by atoms with E-state index in [9.17, 15) is 9.18 Å². The van der Waals surface area contributed by atoms with Crippen molar-refractivity contribution in [3.63, 3.8) is 0 Å². The van der Waals surface area contributed by atoms with Crippen molar-refractivity contribution in [2.24, 2.45) is 5.73 Å². The first-order valence-electron chi connectivity index (χ1n) is 5.04. The van der Waals surface area contributed by atoms with E-state index in [-0.39, 0.29) is 16.4 Å². The van der Waals surface area contributed by atoms with Gasteiger partial charge in [0.2, 0.25) is 0 Å². The van der Waals surface area contributed by atoms with Crippen molar-refractivity contribution in [2.45, 2.75) is 6.54 Å². The van der Waals surface area contributed by atoms with Gasteiger partial charge in [0, 0.05) is 6.20 Å². The van der Waals surface area contributed by atoms with Crippen LogP contribution in [0.4, 0.5) is 10.1 Å². The van der Waals surface area contributed by atoms with Crippen LogP contribution in [0, 0.1) is 5.82 Å².